The number of aromatic amines is 1. The van der Waals surface area contributed by atoms with E-state index in [4.69, 9.17) is 44.9 Å². The zero-order chi connectivity index (χ0) is 26.0. The van der Waals surface area contributed by atoms with E-state index >= 15 is 0 Å². The minimum absolute atomic E-state index is 0.0179. The molecule has 6 nitrogen and oxygen atoms in total. The second-order valence-corrected chi connectivity index (χ2v) is 9.73. The predicted octanol–water partition coefficient (Wildman–Crippen LogP) is 6.43. The Bertz CT molecular complexity index is 1290. The molecule has 1 fully saturated rings. The minimum Gasteiger partial charge on any atom is -0.496 e. The van der Waals surface area contributed by atoms with Gasteiger partial charge in [-0.3, -0.25) is 14.6 Å². The number of aromatic nitrogens is 3. The SMILES string of the molecule is COc1cc(C(CCN2CCOCC2)c2n[nH]c(=S)n2-c2cc(Cl)c(Cl)cc2C(F)(F)F)ccc1C. The molecule has 194 valence electrons. The topological polar surface area (TPSA) is 55.3 Å². The number of benzene rings is 2. The molecule has 0 aliphatic carbocycles. The molecule has 2 heterocycles. The first-order valence-electron chi connectivity index (χ1n) is 11.3. The second-order valence-electron chi connectivity index (χ2n) is 8.53. The van der Waals surface area contributed by atoms with E-state index in [1.165, 1.54) is 10.6 Å². The number of alkyl halides is 3. The van der Waals surface area contributed by atoms with E-state index in [1.54, 1.807) is 7.11 Å². The van der Waals surface area contributed by atoms with Crippen molar-refractivity contribution in [2.45, 2.75) is 25.4 Å². The van der Waals surface area contributed by atoms with Crippen LogP contribution < -0.4 is 4.74 Å². The molecule has 1 aliphatic heterocycles. The van der Waals surface area contributed by atoms with Crippen molar-refractivity contribution >= 4 is 35.4 Å². The van der Waals surface area contributed by atoms with Crippen LogP contribution in [0.25, 0.3) is 5.69 Å². The number of ether oxygens (including phenoxy) is 2. The van der Waals surface area contributed by atoms with Gasteiger partial charge in [0.05, 0.1) is 41.6 Å². The molecule has 0 amide bonds. The highest BCUT2D eigenvalue weighted by atomic mass is 35.5. The molecule has 1 atom stereocenters. The fourth-order valence-electron chi connectivity index (χ4n) is 4.36. The number of rotatable bonds is 7. The number of nitrogens with zero attached hydrogens (tertiary/aromatic N) is 3. The molecule has 0 spiro atoms. The number of halogens is 5. The highest BCUT2D eigenvalue weighted by Crippen LogP contribution is 2.40. The number of nitrogens with one attached hydrogen (secondary N) is 1. The Morgan fingerprint density at radius 2 is 1.86 bits per heavy atom. The third kappa shape index (κ3) is 5.73. The zero-order valence-electron chi connectivity index (χ0n) is 19.7. The Morgan fingerprint density at radius 3 is 2.53 bits per heavy atom. The molecule has 1 aromatic heterocycles. The van der Waals surface area contributed by atoms with E-state index in [-0.39, 0.29) is 20.5 Å². The van der Waals surface area contributed by atoms with E-state index < -0.39 is 17.7 Å². The largest absolute Gasteiger partial charge is 0.496 e. The molecule has 1 saturated heterocycles. The van der Waals surface area contributed by atoms with Crippen LogP contribution in [-0.2, 0) is 10.9 Å². The van der Waals surface area contributed by atoms with Crippen molar-refractivity contribution in [2.75, 3.05) is 40.0 Å². The second kappa shape index (κ2) is 11.1. The highest BCUT2D eigenvalue weighted by molar-refractivity contribution is 7.71. The van der Waals surface area contributed by atoms with Gasteiger partial charge in [0, 0.05) is 19.0 Å². The van der Waals surface area contributed by atoms with Crippen molar-refractivity contribution in [3.05, 3.63) is 67.7 Å². The van der Waals surface area contributed by atoms with Gasteiger partial charge in [-0.05, 0) is 61.4 Å². The average Bonchev–Trinajstić information content (AvgIpc) is 3.22. The summed E-state index contributed by atoms with van der Waals surface area (Å²) in [7, 11) is 1.58. The van der Waals surface area contributed by atoms with Crippen molar-refractivity contribution in [1.82, 2.24) is 19.7 Å². The van der Waals surface area contributed by atoms with Gasteiger partial charge < -0.3 is 9.47 Å². The van der Waals surface area contributed by atoms with E-state index in [9.17, 15) is 13.2 Å². The number of hydrogen-bond donors (Lipinski definition) is 1. The number of H-pyrrole nitrogens is 1. The first-order chi connectivity index (χ1) is 17.1. The molecule has 0 bridgehead atoms. The molecule has 12 heteroatoms. The Morgan fingerprint density at radius 1 is 1.17 bits per heavy atom. The van der Waals surface area contributed by atoms with Crippen LogP contribution in [0.15, 0.2) is 30.3 Å². The summed E-state index contributed by atoms with van der Waals surface area (Å²) in [6.07, 6.45) is -4.11. The van der Waals surface area contributed by atoms with Crippen molar-refractivity contribution in [3.8, 4) is 11.4 Å². The number of methoxy groups -OCH3 is 1. The minimum atomic E-state index is -4.69. The molecule has 3 aromatic rings. The average molecular weight is 561 g/mol. The van der Waals surface area contributed by atoms with E-state index in [1.807, 2.05) is 25.1 Å². The molecule has 0 saturated carbocycles. The summed E-state index contributed by atoms with van der Waals surface area (Å²) in [6, 6.07) is 7.73. The molecule has 1 unspecified atom stereocenters. The van der Waals surface area contributed by atoms with Crippen LogP contribution in [0.3, 0.4) is 0 Å². The number of aryl methyl sites for hydroxylation is 1. The number of hydrogen-bond acceptors (Lipinski definition) is 5. The summed E-state index contributed by atoms with van der Waals surface area (Å²) in [5.74, 6) is 0.615. The van der Waals surface area contributed by atoms with Crippen LogP contribution in [-0.4, -0.2) is 59.6 Å². The normalized spacial score (nSPS) is 15.8. The molecule has 2 aromatic carbocycles. The first kappa shape index (κ1) is 26.9. The first-order valence-corrected chi connectivity index (χ1v) is 12.4. The standard InChI is InChI=1S/C24H25Cl2F3N4O2S/c1-14-3-4-15(11-21(14)34-2)16(5-6-32-7-9-35-10-8-32)22-30-31-23(36)33(22)20-13-19(26)18(25)12-17(20)24(27,28)29/h3-4,11-13,16H,5-10H2,1-2H3,(H,31,36). The van der Waals surface area contributed by atoms with Crippen LogP contribution in [0.1, 0.15) is 34.9 Å². The summed E-state index contributed by atoms with van der Waals surface area (Å²) in [5, 5.41) is 6.87. The molecule has 36 heavy (non-hydrogen) atoms. The maximum absolute atomic E-state index is 14.1. The van der Waals surface area contributed by atoms with Gasteiger partial charge in [-0.1, -0.05) is 35.3 Å². The highest BCUT2D eigenvalue weighted by Gasteiger charge is 2.36. The summed E-state index contributed by atoms with van der Waals surface area (Å²) in [4.78, 5) is 2.26. The van der Waals surface area contributed by atoms with Crippen LogP contribution >= 0.6 is 35.4 Å². The van der Waals surface area contributed by atoms with Gasteiger partial charge in [-0.2, -0.15) is 18.3 Å². The van der Waals surface area contributed by atoms with Crippen LogP contribution in [0.5, 0.6) is 5.75 Å². The Labute approximate surface area is 221 Å². The monoisotopic (exact) mass is 560 g/mol. The lowest BCUT2D eigenvalue weighted by molar-refractivity contribution is -0.137. The molecular formula is C24H25Cl2F3N4O2S. The van der Waals surface area contributed by atoms with Gasteiger partial charge in [-0.15, -0.1) is 0 Å². The molecule has 4 rings (SSSR count). The number of morpholine rings is 1. The lowest BCUT2D eigenvalue weighted by atomic mass is 9.93. The zero-order valence-corrected chi connectivity index (χ0v) is 22.0. The summed E-state index contributed by atoms with van der Waals surface area (Å²) >= 11 is 17.5. The Kier molecular flexibility index (Phi) is 8.31. The molecular weight excluding hydrogens is 536 g/mol. The quantitative estimate of drug-likeness (QED) is 0.337. The lowest BCUT2D eigenvalue weighted by Crippen LogP contribution is -2.37. The molecule has 1 aliphatic rings. The van der Waals surface area contributed by atoms with Gasteiger partial charge in [0.15, 0.2) is 4.77 Å². The Balaban J connectivity index is 1.86. The van der Waals surface area contributed by atoms with Crippen LogP contribution in [0, 0.1) is 11.7 Å². The smallest absolute Gasteiger partial charge is 0.418 e. The molecule has 0 radical (unpaired) electrons. The van der Waals surface area contributed by atoms with Crippen LogP contribution in [0.2, 0.25) is 10.0 Å². The van der Waals surface area contributed by atoms with E-state index in [2.05, 4.69) is 15.1 Å². The van der Waals surface area contributed by atoms with E-state index in [0.29, 0.717) is 37.8 Å². The maximum Gasteiger partial charge on any atom is 0.418 e. The summed E-state index contributed by atoms with van der Waals surface area (Å²) < 4.78 is 54.5. The van der Waals surface area contributed by atoms with Crippen molar-refractivity contribution in [1.29, 1.82) is 0 Å². The third-order valence-electron chi connectivity index (χ3n) is 6.27. The van der Waals surface area contributed by atoms with Gasteiger partial charge in [0.25, 0.3) is 0 Å². The van der Waals surface area contributed by atoms with E-state index in [0.717, 1.165) is 30.3 Å². The maximum atomic E-state index is 14.1. The lowest BCUT2D eigenvalue weighted by Gasteiger charge is -2.28. The van der Waals surface area contributed by atoms with Crippen molar-refractivity contribution < 1.29 is 22.6 Å². The molecule has 1 N–H and O–H groups in total. The fraction of sp³-hybridized carbons (Fsp3) is 0.417. The Hall–Kier alpha value is -2.11. The van der Waals surface area contributed by atoms with Gasteiger partial charge in [-0.25, -0.2) is 0 Å². The van der Waals surface area contributed by atoms with Crippen molar-refractivity contribution in [2.24, 2.45) is 0 Å². The van der Waals surface area contributed by atoms with Gasteiger partial charge in [0.2, 0.25) is 0 Å². The predicted molar refractivity (Wildman–Crippen MR) is 135 cm³/mol. The third-order valence-corrected chi connectivity index (χ3v) is 7.26. The summed E-state index contributed by atoms with van der Waals surface area (Å²) in [6.45, 7) is 5.45. The van der Waals surface area contributed by atoms with Crippen molar-refractivity contribution in [3.63, 3.8) is 0 Å². The summed E-state index contributed by atoms with van der Waals surface area (Å²) in [5.41, 5.74) is 0.593. The van der Waals surface area contributed by atoms with Gasteiger partial charge in [0.1, 0.15) is 11.6 Å². The van der Waals surface area contributed by atoms with Crippen LogP contribution in [0.4, 0.5) is 13.2 Å². The van der Waals surface area contributed by atoms with Gasteiger partial charge >= 0.3 is 6.18 Å². The fourth-order valence-corrected chi connectivity index (χ4v) is 4.92.